The molecule has 0 amide bonds. The van der Waals surface area contributed by atoms with Crippen LogP contribution in [0.2, 0.25) is 0 Å². The molecule has 1 heterocycles. The number of aromatic nitrogens is 1. The Labute approximate surface area is 122 Å². The molecule has 0 saturated carbocycles. The number of carboxylic acid groups (broad SMARTS) is 1. The number of nitrogens with zero attached hydrogens (tertiary/aromatic N) is 1. The van der Waals surface area contributed by atoms with Gasteiger partial charge >= 0.3 is 12.1 Å². The SMILES string of the molecule is O=C(O)c1cc(NCCc2nccs2)ccc1C(F)(F)F. The number of benzene rings is 1. The van der Waals surface area contributed by atoms with E-state index in [0.29, 0.717) is 18.7 Å². The van der Waals surface area contributed by atoms with Crippen molar-refractivity contribution in [3.8, 4) is 0 Å². The quantitative estimate of drug-likeness (QED) is 0.886. The number of hydrogen-bond acceptors (Lipinski definition) is 4. The Morgan fingerprint density at radius 1 is 1.38 bits per heavy atom. The molecule has 0 aliphatic carbocycles. The average molecular weight is 316 g/mol. The monoisotopic (exact) mass is 316 g/mol. The van der Waals surface area contributed by atoms with Crippen molar-refractivity contribution in [3.05, 3.63) is 45.9 Å². The van der Waals surface area contributed by atoms with E-state index >= 15 is 0 Å². The van der Waals surface area contributed by atoms with Crippen molar-refractivity contribution in [3.63, 3.8) is 0 Å². The zero-order chi connectivity index (χ0) is 15.5. The summed E-state index contributed by atoms with van der Waals surface area (Å²) in [5, 5.41) is 14.5. The smallest absolute Gasteiger partial charge is 0.417 e. The zero-order valence-corrected chi connectivity index (χ0v) is 11.5. The third-order valence-electron chi connectivity index (χ3n) is 2.71. The number of hydrogen-bond donors (Lipinski definition) is 2. The zero-order valence-electron chi connectivity index (χ0n) is 10.6. The number of alkyl halides is 3. The van der Waals surface area contributed by atoms with Gasteiger partial charge in [0.15, 0.2) is 0 Å². The number of halogens is 3. The maximum Gasteiger partial charge on any atom is 0.417 e. The summed E-state index contributed by atoms with van der Waals surface area (Å²) in [6.07, 6.45) is -2.41. The molecule has 0 unspecified atom stereocenters. The lowest BCUT2D eigenvalue weighted by Gasteiger charge is -2.12. The summed E-state index contributed by atoms with van der Waals surface area (Å²) in [6.45, 7) is 0.456. The number of thiazole rings is 1. The maximum absolute atomic E-state index is 12.7. The molecule has 8 heteroatoms. The summed E-state index contributed by atoms with van der Waals surface area (Å²) in [7, 11) is 0. The number of nitrogens with one attached hydrogen (secondary N) is 1. The van der Waals surface area contributed by atoms with Gasteiger partial charge in [0.05, 0.1) is 16.1 Å². The molecule has 21 heavy (non-hydrogen) atoms. The third kappa shape index (κ3) is 3.94. The normalized spacial score (nSPS) is 11.4. The molecule has 1 aromatic heterocycles. The fourth-order valence-electron chi connectivity index (χ4n) is 1.77. The van der Waals surface area contributed by atoms with Crippen molar-refractivity contribution < 1.29 is 23.1 Å². The van der Waals surface area contributed by atoms with E-state index in [-0.39, 0.29) is 0 Å². The van der Waals surface area contributed by atoms with E-state index < -0.39 is 23.3 Å². The molecule has 0 saturated heterocycles. The minimum atomic E-state index is -4.69. The molecule has 2 aromatic rings. The van der Waals surface area contributed by atoms with Gasteiger partial charge in [-0.05, 0) is 18.2 Å². The molecule has 4 nitrogen and oxygen atoms in total. The standard InChI is InChI=1S/C13H11F3N2O2S/c14-13(15,16)10-2-1-8(7-9(10)12(19)20)17-4-3-11-18-5-6-21-11/h1-2,5-7,17H,3-4H2,(H,19,20). The first kappa shape index (κ1) is 15.3. The second-order valence-electron chi connectivity index (χ2n) is 4.17. The van der Waals surface area contributed by atoms with E-state index in [4.69, 9.17) is 5.11 Å². The van der Waals surface area contributed by atoms with Crippen LogP contribution in [0.25, 0.3) is 0 Å². The number of carboxylic acids is 1. The van der Waals surface area contributed by atoms with Crippen molar-refractivity contribution in [2.24, 2.45) is 0 Å². The van der Waals surface area contributed by atoms with Crippen molar-refractivity contribution in [2.45, 2.75) is 12.6 Å². The van der Waals surface area contributed by atoms with Crippen LogP contribution in [0.4, 0.5) is 18.9 Å². The van der Waals surface area contributed by atoms with Gasteiger partial charge < -0.3 is 10.4 Å². The Balaban J connectivity index is 2.11. The molecule has 0 bridgehead atoms. The Bertz CT molecular complexity index is 627. The first-order chi connectivity index (χ1) is 9.88. The van der Waals surface area contributed by atoms with Crippen LogP contribution in [0.1, 0.15) is 20.9 Å². The lowest BCUT2D eigenvalue weighted by Crippen LogP contribution is -2.14. The van der Waals surface area contributed by atoms with E-state index in [2.05, 4.69) is 10.3 Å². The van der Waals surface area contributed by atoms with Gasteiger partial charge in [-0.2, -0.15) is 13.2 Å². The molecule has 1 aromatic carbocycles. The number of rotatable bonds is 5. The number of carbonyl (C=O) groups is 1. The molecule has 0 fully saturated rings. The summed E-state index contributed by atoms with van der Waals surface area (Å²) in [5.74, 6) is -1.61. The van der Waals surface area contributed by atoms with E-state index in [1.54, 1.807) is 6.20 Å². The van der Waals surface area contributed by atoms with Crippen LogP contribution >= 0.6 is 11.3 Å². The summed E-state index contributed by atoms with van der Waals surface area (Å²) >= 11 is 1.48. The van der Waals surface area contributed by atoms with Gasteiger partial charge in [0.2, 0.25) is 0 Å². The molecule has 0 radical (unpaired) electrons. The maximum atomic E-state index is 12.7. The second-order valence-corrected chi connectivity index (χ2v) is 5.15. The molecule has 0 aliphatic heterocycles. The van der Waals surface area contributed by atoms with Gasteiger partial charge in [0.25, 0.3) is 0 Å². The van der Waals surface area contributed by atoms with E-state index in [1.807, 2.05) is 5.38 Å². The van der Waals surface area contributed by atoms with Crippen LogP contribution in [0.5, 0.6) is 0 Å². The van der Waals surface area contributed by atoms with Gasteiger partial charge in [0, 0.05) is 30.2 Å². The highest BCUT2D eigenvalue weighted by atomic mass is 32.1. The Morgan fingerprint density at radius 3 is 2.71 bits per heavy atom. The van der Waals surface area contributed by atoms with Gasteiger partial charge in [-0.1, -0.05) is 0 Å². The molecule has 2 rings (SSSR count). The molecule has 0 atom stereocenters. The van der Waals surface area contributed by atoms with Gasteiger partial charge in [-0.15, -0.1) is 11.3 Å². The van der Waals surface area contributed by atoms with Gasteiger partial charge in [-0.25, -0.2) is 9.78 Å². The minimum Gasteiger partial charge on any atom is -0.478 e. The lowest BCUT2D eigenvalue weighted by atomic mass is 10.1. The van der Waals surface area contributed by atoms with Crippen LogP contribution < -0.4 is 5.32 Å². The van der Waals surface area contributed by atoms with Crippen LogP contribution in [0, 0.1) is 0 Å². The third-order valence-corrected chi connectivity index (χ3v) is 3.55. The summed E-state index contributed by atoms with van der Waals surface area (Å²) in [6, 6.07) is 2.99. The van der Waals surface area contributed by atoms with Gasteiger partial charge in [-0.3, -0.25) is 0 Å². The summed E-state index contributed by atoms with van der Waals surface area (Å²) in [5.41, 5.74) is -1.58. The molecule has 0 spiro atoms. The predicted molar refractivity (Wildman–Crippen MR) is 72.7 cm³/mol. The predicted octanol–water partition coefficient (Wildman–Crippen LogP) is 3.51. The van der Waals surface area contributed by atoms with Crippen molar-refractivity contribution in [2.75, 3.05) is 11.9 Å². The van der Waals surface area contributed by atoms with E-state index in [0.717, 1.165) is 17.1 Å². The van der Waals surface area contributed by atoms with Gasteiger partial charge in [0.1, 0.15) is 0 Å². The number of anilines is 1. The van der Waals surface area contributed by atoms with E-state index in [9.17, 15) is 18.0 Å². The largest absolute Gasteiger partial charge is 0.478 e. The fraction of sp³-hybridized carbons (Fsp3) is 0.231. The molecular weight excluding hydrogens is 305 g/mol. The van der Waals surface area contributed by atoms with Crippen LogP contribution in [0.15, 0.2) is 29.8 Å². The lowest BCUT2D eigenvalue weighted by molar-refractivity contribution is -0.138. The van der Waals surface area contributed by atoms with E-state index in [1.165, 1.54) is 17.4 Å². The highest BCUT2D eigenvalue weighted by Crippen LogP contribution is 2.33. The summed E-state index contributed by atoms with van der Waals surface area (Å²) in [4.78, 5) is 15.0. The first-order valence-electron chi connectivity index (χ1n) is 5.94. The topological polar surface area (TPSA) is 62.2 Å². The molecular formula is C13H11F3N2O2S. The Kier molecular flexibility index (Phi) is 4.46. The fourth-order valence-corrected chi connectivity index (χ4v) is 2.39. The van der Waals surface area contributed by atoms with Crippen molar-refractivity contribution in [1.29, 1.82) is 0 Å². The number of aromatic carboxylic acids is 1. The highest BCUT2D eigenvalue weighted by Gasteiger charge is 2.35. The van der Waals surface area contributed by atoms with Crippen LogP contribution in [-0.2, 0) is 12.6 Å². The van der Waals surface area contributed by atoms with Crippen LogP contribution in [-0.4, -0.2) is 22.6 Å². The molecule has 112 valence electrons. The minimum absolute atomic E-state index is 0.331. The summed E-state index contributed by atoms with van der Waals surface area (Å²) < 4.78 is 38.1. The Morgan fingerprint density at radius 2 is 2.14 bits per heavy atom. The Hall–Kier alpha value is -2.09. The van der Waals surface area contributed by atoms with Crippen molar-refractivity contribution in [1.82, 2.24) is 4.98 Å². The molecule has 0 aliphatic rings. The molecule has 2 N–H and O–H groups in total. The van der Waals surface area contributed by atoms with Crippen LogP contribution in [0.3, 0.4) is 0 Å². The highest BCUT2D eigenvalue weighted by molar-refractivity contribution is 7.09. The first-order valence-corrected chi connectivity index (χ1v) is 6.82. The second kappa shape index (κ2) is 6.13. The average Bonchev–Trinajstić information content (AvgIpc) is 2.90. The van der Waals surface area contributed by atoms with Crippen molar-refractivity contribution >= 4 is 23.0 Å².